The molecule has 1 saturated heterocycles. The molecule has 2 heterocycles. The van der Waals surface area contributed by atoms with Crippen molar-refractivity contribution < 1.29 is 19.1 Å². The number of nitrogens with zero attached hydrogens (tertiary/aromatic N) is 2. The van der Waals surface area contributed by atoms with Crippen LogP contribution in [-0.4, -0.2) is 42.5 Å². The normalized spacial score (nSPS) is 16.3. The molecule has 1 fully saturated rings. The Hall–Kier alpha value is -2.94. The van der Waals surface area contributed by atoms with Crippen LogP contribution in [0.25, 0.3) is 0 Å². The number of hydrogen-bond donors (Lipinski definition) is 2. The van der Waals surface area contributed by atoms with E-state index in [1.807, 2.05) is 5.38 Å². The molecule has 2 N–H and O–H groups in total. The number of nitrogens with one attached hydrogen (secondary N) is 2. The fourth-order valence-electron chi connectivity index (χ4n) is 2.92. The quantitative estimate of drug-likeness (QED) is 0.644. The molecule has 29 heavy (non-hydrogen) atoms. The molecular formula is C20H24N4O4S. The number of anilines is 1. The van der Waals surface area contributed by atoms with Crippen molar-refractivity contribution in [2.45, 2.75) is 38.6 Å². The fraction of sp³-hybridized carbons (Fsp3) is 0.400. The molecule has 0 bridgehead atoms. The summed E-state index contributed by atoms with van der Waals surface area (Å²) in [6.45, 7) is 4.60. The van der Waals surface area contributed by atoms with Crippen molar-refractivity contribution >= 4 is 34.9 Å². The van der Waals surface area contributed by atoms with Crippen LogP contribution in [0.2, 0.25) is 0 Å². The van der Waals surface area contributed by atoms with Gasteiger partial charge in [0.15, 0.2) is 0 Å². The molecule has 8 nitrogen and oxygen atoms in total. The first-order chi connectivity index (χ1) is 13.9. The number of thiazole rings is 1. The van der Waals surface area contributed by atoms with E-state index in [1.54, 1.807) is 35.6 Å². The lowest BCUT2D eigenvalue weighted by atomic mass is 10.2. The number of benzene rings is 1. The summed E-state index contributed by atoms with van der Waals surface area (Å²) >= 11 is 1.57. The second-order valence-corrected chi connectivity index (χ2v) is 7.94. The standard InChI is InChI=1S/C20H24N4O4S/c1-12(2)16-11-29-18(22-16)8-9-21-17(25)10-15-19(26)24(20(27)23-15)13-4-6-14(28-3)7-5-13/h4-7,11-12,15H,8-10H2,1-3H3,(H,21,25)(H,23,27). The number of carbonyl (C=O) groups is 3. The first kappa shape index (κ1) is 20.8. The minimum Gasteiger partial charge on any atom is -0.497 e. The van der Waals surface area contributed by atoms with E-state index >= 15 is 0 Å². The molecule has 1 aliphatic heterocycles. The van der Waals surface area contributed by atoms with E-state index in [2.05, 4.69) is 29.5 Å². The highest BCUT2D eigenvalue weighted by Gasteiger charge is 2.40. The predicted molar refractivity (Wildman–Crippen MR) is 110 cm³/mol. The number of amides is 4. The van der Waals surface area contributed by atoms with Crippen molar-refractivity contribution in [1.29, 1.82) is 0 Å². The maximum absolute atomic E-state index is 12.6. The van der Waals surface area contributed by atoms with Gasteiger partial charge in [0, 0.05) is 18.3 Å². The molecular weight excluding hydrogens is 392 g/mol. The van der Waals surface area contributed by atoms with Gasteiger partial charge in [0.25, 0.3) is 5.91 Å². The Balaban J connectivity index is 1.51. The highest BCUT2D eigenvalue weighted by molar-refractivity contribution is 7.09. The van der Waals surface area contributed by atoms with Gasteiger partial charge in [-0.3, -0.25) is 9.59 Å². The second-order valence-electron chi connectivity index (χ2n) is 7.00. The van der Waals surface area contributed by atoms with Gasteiger partial charge in [0.2, 0.25) is 5.91 Å². The first-order valence-corrected chi connectivity index (χ1v) is 10.3. The van der Waals surface area contributed by atoms with Gasteiger partial charge in [-0.05, 0) is 30.2 Å². The average molecular weight is 417 g/mol. The summed E-state index contributed by atoms with van der Waals surface area (Å²) in [4.78, 5) is 42.6. The van der Waals surface area contributed by atoms with E-state index < -0.39 is 18.0 Å². The van der Waals surface area contributed by atoms with Crippen LogP contribution in [0.15, 0.2) is 29.6 Å². The number of hydrogen-bond acceptors (Lipinski definition) is 6. The van der Waals surface area contributed by atoms with Crippen LogP contribution in [0.5, 0.6) is 5.75 Å². The van der Waals surface area contributed by atoms with E-state index in [9.17, 15) is 14.4 Å². The third-order valence-electron chi connectivity index (χ3n) is 4.56. The van der Waals surface area contributed by atoms with Gasteiger partial charge in [-0.2, -0.15) is 0 Å². The van der Waals surface area contributed by atoms with Crippen molar-refractivity contribution in [3.8, 4) is 5.75 Å². The van der Waals surface area contributed by atoms with Crippen LogP contribution < -0.4 is 20.3 Å². The highest BCUT2D eigenvalue weighted by atomic mass is 32.1. The average Bonchev–Trinajstić information content (AvgIpc) is 3.27. The Morgan fingerprint density at radius 2 is 2.03 bits per heavy atom. The zero-order chi connectivity index (χ0) is 21.0. The van der Waals surface area contributed by atoms with Gasteiger partial charge >= 0.3 is 6.03 Å². The molecule has 1 atom stereocenters. The highest BCUT2D eigenvalue weighted by Crippen LogP contribution is 2.23. The molecule has 1 aromatic heterocycles. The predicted octanol–water partition coefficient (Wildman–Crippen LogP) is 2.45. The molecule has 0 spiro atoms. The third-order valence-corrected chi connectivity index (χ3v) is 5.49. The van der Waals surface area contributed by atoms with Gasteiger partial charge < -0.3 is 15.4 Å². The van der Waals surface area contributed by atoms with Crippen LogP contribution in [-0.2, 0) is 16.0 Å². The lowest BCUT2D eigenvalue weighted by Gasteiger charge is -2.13. The molecule has 1 aromatic carbocycles. The van der Waals surface area contributed by atoms with E-state index in [1.165, 1.54) is 7.11 Å². The summed E-state index contributed by atoms with van der Waals surface area (Å²) in [5, 5.41) is 8.35. The summed E-state index contributed by atoms with van der Waals surface area (Å²) in [5.41, 5.74) is 1.48. The van der Waals surface area contributed by atoms with Crippen molar-refractivity contribution in [2.75, 3.05) is 18.6 Å². The molecule has 154 valence electrons. The largest absolute Gasteiger partial charge is 0.497 e. The molecule has 0 saturated carbocycles. The van der Waals surface area contributed by atoms with Crippen LogP contribution in [0.3, 0.4) is 0 Å². The molecule has 4 amide bonds. The number of aromatic nitrogens is 1. The monoisotopic (exact) mass is 416 g/mol. The number of ether oxygens (including phenoxy) is 1. The topological polar surface area (TPSA) is 101 Å². The minimum absolute atomic E-state index is 0.105. The number of carbonyl (C=O) groups excluding carboxylic acids is 3. The second kappa shape index (κ2) is 9.04. The van der Waals surface area contributed by atoms with E-state index in [-0.39, 0.29) is 12.3 Å². The maximum Gasteiger partial charge on any atom is 0.329 e. The van der Waals surface area contributed by atoms with Gasteiger partial charge in [-0.1, -0.05) is 13.8 Å². The number of methoxy groups -OCH3 is 1. The third kappa shape index (κ3) is 4.92. The van der Waals surface area contributed by atoms with Crippen LogP contribution in [0.1, 0.15) is 36.9 Å². The smallest absolute Gasteiger partial charge is 0.329 e. The van der Waals surface area contributed by atoms with Crippen LogP contribution in [0.4, 0.5) is 10.5 Å². The molecule has 0 radical (unpaired) electrons. The summed E-state index contributed by atoms with van der Waals surface area (Å²) in [7, 11) is 1.54. The Morgan fingerprint density at radius 1 is 1.31 bits per heavy atom. The molecule has 3 rings (SSSR count). The maximum atomic E-state index is 12.6. The summed E-state index contributed by atoms with van der Waals surface area (Å²) in [6, 6.07) is 5.16. The zero-order valence-electron chi connectivity index (χ0n) is 16.6. The summed E-state index contributed by atoms with van der Waals surface area (Å²) in [6.07, 6.45) is 0.526. The van der Waals surface area contributed by atoms with Gasteiger partial charge in [0.1, 0.15) is 11.8 Å². The van der Waals surface area contributed by atoms with Crippen molar-refractivity contribution in [3.63, 3.8) is 0 Å². The Kier molecular flexibility index (Phi) is 6.48. The van der Waals surface area contributed by atoms with E-state index in [0.717, 1.165) is 15.6 Å². The Morgan fingerprint density at radius 3 is 2.66 bits per heavy atom. The minimum atomic E-state index is -0.878. The molecule has 1 unspecified atom stereocenters. The number of urea groups is 1. The fourth-order valence-corrected chi connectivity index (χ4v) is 3.88. The van der Waals surface area contributed by atoms with Gasteiger partial charge in [-0.15, -0.1) is 11.3 Å². The van der Waals surface area contributed by atoms with Gasteiger partial charge in [0.05, 0.1) is 29.9 Å². The lowest BCUT2D eigenvalue weighted by Crippen LogP contribution is -2.37. The summed E-state index contributed by atoms with van der Waals surface area (Å²) in [5.74, 6) is 0.260. The SMILES string of the molecule is COc1ccc(N2C(=O)NC(CC(=O)NCCc3nc(C(C)C)cs3)C2=O)cc1. The van der Waals surface area contributed by atoms with Crippen LogP contribution in [0, 0.1) is 0 Å². The molecule has 2 aromatic rings. The summed E-state index contributed by atoms with van der Waals surface area (Å²) < 4.78 is 5.08. The van der Waals surface area contributed by atoms with Crippen molar-refractivity contribution in [3.05, 3.63) is 40.3 Å². The van der Waals surface area contributed by atoms with Crippen molar-refractivity contribution in [2.24, 2.45) is 0 Å². The Bertz CT molecular complexity index is 894. The molecule has 9 heteroatoms. The molecule has 1 aliphatic rings. The number of imide groups is 1. The Labute approximate surface area is 173 Å². The first-order valence-electron chi connectivity index (χ1n) is 9.38. The number of rotatable bonds is 8. The zero-order valence-corrected chi connectivity index (χ0v) is 17.4. The molecule has 0 aliphatic carbocycles. The lowest BCUT2D eigenvalue weighted by molar-refractivity contribution is -0.125. The van der Waals surface area contributed by atoms with Gasteiger partial charge in [-0.25, -0.2) is 14.7 Å². The van der Waals surface area contributed by atoms with E-state index in [4.69, 9.17) is 4.74 Å². The van der Waals surface area contributed by atoms with Crippen molar-refractivity contribution in [1.82, 2.24) is 15.6 Å². The van der Waals surface area contributed by atoms with Crippen LogP contribution >= 0.6 is 11.3 Å². The van der Waals surface area contributed by atoms with E-state index in [0.29, 0.717) is 30.3 Å².